The zero-order valence-corrected chi connectivity index (χ0v) is 14.7. The Balaban J connectivity index is 1.67. The minimum atomic E-state index is -0.250. The Bertz CT molecular complexity index is 751. The Morgan fingerprint density at radius 2 is 2.04 bits per heavy atom. The molecular formula is C19H24N4O2. The molecule has 0 aliphatic carbocycles. The number of aromatic nitrogens is 2. The molecule has 1 aromatic carbocycles. The summed E-state index contributed by atoms with van der Waals surface area (Å²) in [5.74, 6) is -0.0237. The molecule has 1 aromatic heterocycles. The van der Waals surface area contributed by atoms with Gasteiger partial charge in [0.15, 0.2) is 0 Å². The molecule has 2 heterocycles. The van der Waals surface area contributed by atoms with Crippen LogP contribution in [0.2, 0.25) is 0 Å². The molecule has 0 spiro atoms. The van der Waals surface area contributed by atoms with Crippen molar-refractivity contribution in [3.63, 3.8) is 0 Å². The third kappa shape index (κ3) is 4.07. The van der Waals surface area contributed by atoms with Gasteiger partial charge >= 0.3 is 0 Å². The molecule has 3 rings (SSSR count). The molecule has 0 saturated carbocycles. The highest BCUT2D eigenvalue weighted by atomic mass is 16.2. The Morgan fingerprint density at radius 1 is 1.32 bits per heavy atom. The molecule has 1 aliphatic heterocycles. The fourth-order valence-electron chi connectivity index (χ4n) is 3.24. The standard InChI is InChI=1S/C19H24N4O2/c1-3-13-4-6-14(7-5-13)10-18(25)21-15-8-9-17(24)22-19(15)16-11-20-12-23(16)2/h4-7,11-12,15,19H,3,8-10H2,1-2H3,(H,21,25)(H,22,24)/t15-,19-/m1/s1. The van der Waals surface area contributed by atoms with Crippen LogP contribution in [-0.4, -0.2) is 27.4 Å². The van der Waals surface area contributed by atoms with Gasteiger partial charge in [0.1, 0.15) is 0 Å². The second-order valence-electron chi connectivity index (χ2n) is 6.53. The smallest absolute Gasteiger partial charge is 0.224 e. The Hall–Kier alpha value is -2.63. The second kappa shape index (κ2) is 7.51. The first kappa shape index (κ1) is 17.2. The first-order valence-electron chi connectivity index (χ1n) is 8.69. The van der Waals surface area contributed by atoms with E-state index in [1.165, 1.54) is 5.56 Å². The van der Waals surface area contributed by atoms with E-state index in [0.717, 1.165) is 17.7 Å². The van der Waals surface area contributed by atoms with Gasteiger partial charge in [-0.15, -0.1) is 0 Å². The summed E-state index contributed by atoms with van der Waals surface area (Å²) in [5.41, 5.74) is 3.15. The van der Waals surface area contributed by atoms with Gasteiger partial charge < -0.3 is 15.2 Å². The van der Waals surface area contributed by atoms with Crippen molar-refractivity contribution in [1.29, 1.82) is 0 Å². The van der Waals surface area contributed by atoms with E-state index in [1.54, 1.807) is 12.5 Å². The molecule has 1 saturated heterocycles. The van der Waals surface area contributed by atoms with E-state index in [-0.39, 0.29) is 23.9 Å². The lowest BCUT2D eigenvalue weighted by atomic mass is 9.95. The quantitative estimate of drug-likeness (QED) is 0.869. The molecule has 6 heteroatoms. The molecule has 2 atom stereocenters. The van der Waals surface area contributed by atoms with Crippen molar-refractivity contribution in [2.24, 2.45) is 7.05 Å². The fraction of sp³-hybridized carbons (Fsp3) is 0.421. The molecule has 0 radical (unpaired) electrons. The molecular weight excluding hydrogens is 316 g/mol. The largest absolute Gasteiger partial charge is 0.351 e. The summed E-state index contributed by atoms with van der Waals surface area (Å²) in [7, 11) is 1.89. The van der Waals surface area contributed by atoms with E-state index < -0.39 is 0 Å². The summed E-state index contributed by atoms with van der Waals surface area (Å²) < 4.78 is 1.87. The maximum absolute atomic E-state index is 12.5. The van der Waals surface area contributed by atoms with Crippen molar-refractivity contribution in [2.75, 3.05) is 0 Å². The van der Waals surface area contributed by atoms with E-state index in [2.05, 4.69) is 34.7 Å². The van der Waals surface area contributed by atoms with E-state index >= 15 is 0 Å². The number of piperidine rings is 1. The molecule has 1 aliphatic rings. The van der Waals surface area contributed by atoms with Gasteiger partial charge in [-0.1, -0.05) is 31.2 Å². The van der Waals surface area contributed by atoms with Crippen LogP contribution in [0.3, 0.4) is 0 Å². The van der Waals surface area contributed by atoms with Gasteiger partial charge in [0.25, 0.3) is 0 Å². The summed E-state index contributed by atoms with van der Waals surface area (Å²) in [4.78, 5) is 28.4. The molecule has 2 N–H and O–H groups in total. The minimum absolute atomic E-state index is 0.00635. The highest BCUT2D eigenvalue weighted by Crippen LogP contribution is 2.23. The van der Waals surface area contributed by atoms with Crippen LogP contribution in [0.1, 0.15) is 42.6 Å². The molecule has 2 amide bonds. The van der Waals surface area contributed by atoms with E-state index in [0.29, 0.717) is 19.3 Å². The highest BCUT2D eigenvalue weighted by molar-refractivity contribution is 5.81. The number of aryl methyl sites for hydroxylation is 2. The van der Waals surface area contributed by atoms with Crippen molar-refractivity contribution < 1.29 is 9.59 Å². The van der Waals surface area contributed by atoms with Crippen LogP contribution < -0.4 is 10.6 Å². The molecule has 2 aromatic rings. The fourth-order valence-corrected chi connectivity index (χ4v) is 3.24. The predicted molar refractivity (Wildman–Crippen MR) is 94.8 cm³/mol. The monoisotopic (exact) mass is 340 g/mol. The number of hydrogen-bond donors (Lipinski definition) is 2. The maximum atomic E-state index is 12.5. The molecule has 0 unspecified atom stereocenters. The topological polar surface area (TPSA) is 76.0 Å². The predicted octanol–water partition coefficient (Wildman–Crippen LogP) is 1.66. The number of nitrogens with one attached hydrogen (secondary N) is 2. The van der Waals surface area contributed by atoms with Gasteiger partial charge in [0.05, 0.1) is 36.7 Å². The lowest BCUT2D eigenvalue weighted by Gasteiger charge is -2.33. The van der Waals surface area contributed by atoms with Crippen LogP contribution in [0, 0.1) is 0 Å². The minimum Gasteiger partial charge on any atom is -0.351 e. The third-order valence-corrected chi connectivity index (χ3v) is 4.72. The van der Waals surface area contributed by atoms with Gasteiger partial charge in [0.2, 0.25) is 11.8 Å². The zero-order chi connectivity index (χ0) is 17.8. The summed E-state index contributed by atoms with van der Waals surface area (Å²) in [6.07, 6.45) is 5.81. The zero-order valence-electron chi connectivity index (χ0n) is 14.7. The van der Waals surface area contributed by atoms with E-state index in [4.69, 9.17) is 0 Å². The van der Waals surface area contributed by atoms with Gasteiger partial charge in [0, 0.05) is 13.5 Å². The number of benzene rings is 1. The average Bonchev–Trinajstić information content (AvgIpc) is 3.03. The maximum Gasteiger partial charge on any atom is 0.224 e. The lowest BCUT2D eigenvalue weighted by Crippen LogP contribution is -2.50. The number of carbonyl (C=O) groups excluding carboxylic acids is 2. The van der Waals surface area contributed by atoms with Crippen LogP contribution in [0.25, 0.3) is 0 Å². The number of hydrogen-bond acceptors (Lipinski definition) is 3. The lowest BCUT2D eigenvalue weighted by molar-refractivity contribution is -0.126. The number of carbonyl (C=O) groups is 2. The van der Waals surface area contributed by atoms with Gasteiger partial charge in [-0.05, 0) is 24.0 Å². The Labute approximate surface area is 147 Å². The van der Waals surface area contributed by atoms with E-state index in [9.17, 15) is 9.59 Å². The van der Waals surface area contributed by atoms with Gasteiger partial charge in [-0.25, -0.2) is 4.98 Å². The van der Waals surface area contributed by atoms with E-state index in [1.807, 2.05) is 23.7 Å². The normalized spacial score (nSPS) is 20.2. The van der Waals surface area contributed by atoms with Crippen LogP contribution in [-0.2, 0) is 29.5 Å². The summed E-state index contributed by atoms with van der Waals surface area (Å²) in [5, 5.41) is 6.07. The van der Waals surface area contributed by atoms with Crippen LogP contribution in [0.15, 0.2) is 36.8 Å². The first-order valence-corrected chi connectivity index (χ1v) is 8.69. The molecule has 1 fully saturated rings. The molecule has 25 heavy (non-hydrogen) atoms. The third-order valence-electron chi connectivity index (χ3n) is 4.72. The van der Waals surface area contributed by atoms with Gasteiger partial charge in [-0.2, -0.15) is 0 Å². The van der Waals surface area contributed by atoms with Crippen molar-refractivity contribution in [3.8, 4) is 0 Å². The molecule has 6 nitrogen and oxygen atoms in total. The van der Waals surface area contributed by atoms with Crippen molar-refractivity contribution in [1.82, 2.24) is 20.2 Å². The number of rotatable bonds is 5. The average molecular weight is 340 g/mol. The van der Waals surface area contributed by atoms with Crippen LogP contribution in [0.5, 0.6) is 0 Å². The first-order chi connectivity index (χ1) is 12.1. The van der Waals surface area contributed by atoms with Crippen molar-refractivity contribution in [3.05, 3.63) is 53.6 Å². The SMILES string of the molecule is CCc1ccc(CC(=O)N[C@@H]2CCC(=O)N[C@H]2c2cncn2C)cc1. The summed E-state index contributed by atoms with van der Waals surface area (Å²) in [6.45, 7) is 2.11. The van der Waals surface area contributed by atoms with Gasteiger partial charge in [-0.3, -0.25) is 9.59 Å². The number of amides is 2. The molecule has 0 bridgehead atoms. The second-order valence-corrected chi connectivity index (χ2v) is 6.53. The number of nitrogens with zero attached hydrogens (tertiary/aromatic N) is 2. The highest BCUT2D eigenvalue weighted by Gasteiger charge is 2.32. The summed E-state index contributed by atoms with van der Waals surface area (Å²) >= 11 is 0. The Morgan fingerprint density at radius 3 is 2.68 bits per heavy atom. The summed E-state index contributed by atoms with van der Waals surface area (Å²) in [6, 6.07) is 7.74. The Kier molecular flexibility index (Phi) is 5.16. The van der Waals surface area contributed by atoms with Crippen molar-refractivity contribution >= 4 is 11.8 Å². The molecule has 132 valence electrons. The van der Waals surface area contributed by atoms with Crippen molar-refractivity contribution in [2.45, 2.75) is 44.7 Å². The van der Waals surface area contributed by atoms with Crippen LogP contribution in [0.4, 0.5) is 0 Å². The van der Waals surface area contributed by atoms with Crippen LogP contribution >= 0.6 is 0 Å². The number of imidazole rings is 1.